The lowest BCUT2D eigenvalue weighted by atomic mass is 10.0. The molecule has 1 aliphatic heterocycles. The number of amides is 1. The number of carboxylic acid groups (broad SMARTS) is 1. The van der Waals surface area contributed by atoms with Gasteiger partial charge in [-0.15, -0.1) is 37.2 Å². The largest absolute Gasteiger partial charge is 0.478 e. The molecule has 186 valence electrons. The molecule has 7 N–H and O–H groups in total. The van der Waals surface area contributed by atoms with Crippen molar-refractivity contribution in [2.75, 3.05) is 18.8 Å². The van der Waals surface area contributed by atoms with Gasteiger partial charge in [0.25, 0.3) is 0 Å². The Hall–Kier alpha value is -2.62. The molecule has 11 heteroatoms. The van der Waals surface area contributed by atoms with Gasteiger partial charge in [-0.1, -0.05) is 48.5 Å². The van der Waals surface area contributed by atoms with Gasteiger partial charge in [-0.25, -0.2) is 9.78 Å². The fourth-order valence-corrected chi connectivity index (χ4v) is 3.51. The van der Waals surface area contributed by atoms with Crippen molar-refractivity contribution in [1.82, 2.24) is 15.6 Å². The number of anilines is 1. The third kappa shape index (κ3) is 8.00. The number of fused-ring (bicyclic) bond motifs is 1. The Labute approximate surface area is 217 Å². The molecule has 1 amide bonds. The second-order valence-electron chi connectivity index (χ2n) is 7.38. The van der Waals surface area contributed by atoms with E-state index in [1.807, 2.05) is 36.4 Å². The number of nitrogens with one attached hydrogen (secondary N) is 2. The van der Waals surface area contributed by atoms with Crippen LogP contribution in [0.5, 0.6) is 0 Å². The minimum atomic E-state index is -1.30. The molecule has 1 fully saturated rings. The van der Waals surface area contributed by atoms with Crippen molar-refractivity contribution in [3.63, 3.8) is 0 Å². The topological polar surface area (TPSA) is 143 Å². The van der Waals surface area contributed by atoms with Crippen molar-refractivity contribution in [2.45, 2.75) is 24.9 Å². The summed E-state index contributed by atoms with van der Waals surface area (Å²) in [4.78, 5) is 26.2. The summed E-state index contributed by atoms with van der Waals surface area (Å²) in [6.45, 7) is 0.397. The summed E-state index contributed by atoms with van der Waals surface area (Å²) in [5.74, 6) is -0.902. The minimum absolute atomic E-state index is 0. The van der Waals surface area contributed by atoms with E-state index in [1.165, 1.54) is 5.56 Å². The molecule has 1 aromatic heterocycles. The number of nitrogens with zero attached hydrogens (tertiary/aromatic N) is 1. The van der Waals surface area contributed by atoms with Crippen molar-refractivity contribution in [1.29, 1.82) is 0 Å². The van der Waals surface area contributed by atoms with Crippen LogP contribution in [0.1, 0.15) is 24.0 Å². The van der Waals surface area contributed by atoms with Gasteiger partial charge in [-0.2, -0.15) is 0 Å². The molecule has 1 atom stereocenters. The van der Waals surface area contributed by atoms with Crippen LogP contribution in [0.25, 0.3) is 10.9 Å². The number of aliphatic carboxylic acids is 1. The Bertz CT molecular complexity index is 1060. The first-order chi connectivity index (χ1) is 14.9. The number of para-hydroxylation sites is 1. The van der Waals surface area contributed by atoms with Crippen molar-refractivity contribution < 1.29 is 14.7 Å². The van der Waals surface area contributed by atoms with Gasteiger partial charge in [-0.05, 0) is 42.6 Å². The molecule has 1 saturated heterocycles. The molecule has 8 nitrogen and oxygen atoms in total. The minimum Gasteiger partial charge on any atom is -0.478 e. The van der Waals surface area contributed by atoms with Gasteiger partial charge in [0.1, 0.15) is 5.82 Å². The molecule has 0 bridgehead atoms. The molecule has 3 aromatic rings. The highest BCUT2D eigenvalue weighted by atomic mass is 35.5. The third-order valence-electron chi connectivity index (χ3n) is 5.13. The van der Waals surface area contributed by atoms with E-state index >= 15 is 0 Å². The van der Waals surface area contributed by atoms with Crippen molar-refractivity contribution in [3.8, 4) is 0 Å². The smallest absolute Gasteiger partial charge is 0.344 e. The van der Waals surface area contributed by atoms with Gasteiger partial charge >= 0.3 is 5.97 Å². The maximum absolute atomic E-state index is 10.9. The lowest BCUT2D eigenvalue weighted by molar-refractivity contribution is -0.148. The first-order valence-corrected chi connectivity index (χ1v) is 10.1. The Kier molecular flexibility index (Phi) is 13.5. The molecular weight excluding hydrogens is 501 g/mol. The molecule has 0 unspecified atom stereocenters. The lowest BCUT2D eigenvalue weighted by Crippen LogP contribution is -2.61. The van der Waals surface area contributed by atoms with Gasteiger partial charge in [0.05, 0.1) is 12.1 Å². The van der Waals surface area contributed by atoms with Crippen LogP contribution in [-0.4, -0.2) is 40.7 Å². The van der Waals surface area contributed by atoms with Crippen LogP contribution in [0.2, 0.25) is 0 Å². The first-order valence-electron chi connectivity index (χ1n) is 10.1. The van der Waals surface area contributed by atoms with Crippen molar-refractivity contribution >= 4 is 65.8 Å². The molecule has 0 radical (unpaired) electrons. The second-order valence-corrected chi connectivity index (χ2v) is 7.38. The first kappa shape index (κ1) is 31.4. The number of carbonyl (C=O) groups is 2. The monoisotopic (exact) mass is 529 g/mol. The number of benzene rings is 2. The van der Waals surface area contributed by atoms with Crippen LogP contribution in [0.3, 0.4) is 0 Å². The predicted octanol–water partition coefficient (Wildman–Crippen LogP) is 2.90. The highest BCUT2D eigenvalue weighted by Gasteiger charge is 2.42. The van der Waals surface area contributed by atoms with Crippen LogP contribution < -0.4 is 22.1 Å². The van der Waals surface area contributed by atoms with E-state index in [1.54, 1.807) is 0 Å². The van der Waals surface area contributed by atoms with Crippen molar-refractivity contribution in [2.24, 2.45) is 5.73 Å². The zero-order chi connectivity index (χ0) is 22.3. The number of hydrogen-bond donors (Lipinski definition) is 5. The maximum atomic E-state index is 10.9. The van der Waals surface area contributed by atoms with Gasteiger partial charge in [0, 0.05) is 11.8 Å². The molecule has 4 rings (SSSR count). The Morgan fingerprint density at radius 3 is 2.29 bits per heavy atom. The number of hydrogen-bond acceptors (Lipinski definition) is 6. The molecule has 0 saturated carbocycles. The van der Waals surface area contributed by atoms with Crippen molar-refractivity contribution in [3.05, 3.63) is 71.8 Å². The summed E-state index contributed by atoms with van der Waals surface area (Å²) in [5, 5.41) is 15.1. The van der Waals surface area contributed by atoms with Gasteiger partial charge in [-0.3, -0.25) is 10.1 Å². The summed E-state index contributed by atoms with van der Waals surface area (Å²) in [7, 11) is 0. The molecule has 1 aliphatic rings. The van der Waals surface area contributed by atoms with E-state index < -0.39 is 17.5 Å². The van der Waals surface area contributed by atoms with Crippen LogP contribution in [0, 0.1) is 0 Å². The van der Waals surface area contributed by atoms with E-state index in [9.17, 15) is 9.59 Å². The number of nitrogen functional groups attached to an aromatic ring is 1. The number of nitrogens with two attached hydrogens (primary N) is 2. The van der Waals surface area contributed by atoms with E-state index in [2.05, 4.69) is 39.9 Å². The van der Waals surface area contributed by atoms with Crippen LogP contribution >= 0.6 is 37.2 Å². The average molecular weight is 531 g/mol. The number of pyridine rings is 1. The highest BCUT2D eigenvalue weighted by molar-refractivity contribution is 5.87. The predicted molar refractivity (Wildman–Crippen MR) is 142 cm³/mol. The van der Waals surface area contributed by atoms with Crippen LogP contribution in [0.15, 0.2) is 60.7 Å². The molecule has 2 aromatic carbocycles. The second kappa shape index (κ2) is 14.6. The highest BCUT2D eigenvalue weighted by Crippen LogP contribution is 2.21. The number of rotatable bonds is 5. The fourth-order valence-electron chi connectivity index (χ4n) is 3.51. The summed E-state index contributed by atoms with van der Waals surface area (Å²) in [6.07, 6.45) is 1.95. The summed E-state index contributed by atoms with van der Waals surface area (Å²) in [5.41, 5.74) is 13.1. The van der Waals surface area contributed by atoms with E-state index in [0.29, 0.717) is 18.8 Å². The number of carbonyl (C=O) groups excluding carboxylic acids is 1. The zero-order valence-electron chi connectivity index (χ0n) is 18.4. The standard InChI is InChI=1S/C16H14N2.C7H13N3O3.3ClH/c17-16-14(10-12-6-2-1-3-7-12)11-13-8-4-5-9-15(13)18-16;8-4-5(11)10-7(6(12)13)2-1-3-9-7;;;/h1-9,11H,10H2,(H2,17,18);9H,1-4,8H2,(H,10,11)(H,12,13);3*1H/t;7-;;;/m.1.../s1. The van der Waals surface area contributed by atoms with Crippen LogP contribution in [-0.2, 0) is 16.0 Å². The molecule has 2 heterocycles. The van der Waals surface area contributed by atoms with E-state index in [4.69, 9.17) is 16.6 Å². The SMILES string of the molecule is Cl.Cl.Cl.NCC(=O)N[C@@]1(C(=O)O)CCCN1.Nc1nc2ccccc2cc1Cc1ccccc1. The average Bonchev–Trinajstić information content (AvgIpc) is 3.25. The zero-order valence-corrected chi connectivity index (χ0v) is 20.8. The fraction of sp³-hybridized carbons (Fsp3) is 0.261. The number of aromatic nitrogens is 1. The Balaban J connectivity index is 0.000000617. The molecular formula is C23H30Cl3N5O3. The molecule has 0 spiro atoms. The number of carboxylic acids is 1. The van der Waals surface area contributed by atoms with Gasteiger partial charge in [0.15, 0.2) is 5.66 Å². The third-order valence-corrected chi connectivity index (χ3v) is 5.13. The normalized spacial score (nSPS) is 16.0. The quantitative estimate of drug-likeness (QED) is 0.341. The molecule has 34 heavy (non-hydrogen) atoms. The summed E-state index contributed by atoms with van der Waals surface area (Å²) in [6, 6.07) is 20.5. The van der Waals surface area contributed by atoms with Crippen LogP contribution in [0.4, 0.5) is 5.82 Å². The molecule has 0 aliphatic carbocycles. The number of halogens is 3. The van der Waals surface area contributed by atoms with Gasteiger partial charge < -0.3 is 21.9 Å². The maximum Gasteiger partial charge on any atom is 0.344 e. The Morgan fingerprint density at radius 1 is 1.06 bits per heavy atom. The Morgan fingerprint density at radius 2 is 1.71 bits per heavy atom. The van der Waals surface area contributed by atoms with Gasteiger partial charge in [0.2, 0.25) is 5.91 Å². The lowest BCUT2D eigenvalue weighted by Gasteiger charge is -2.25. The van der Waals surface area contributed by atoms with E-state index in [-0.39, 0.29) is 43.8 Å². The summed E-state index contributed by atoms with van der Waals surface area (Å²) < 4.78 is 0. The summed E-state index contributed by atoms with van der Waals surface area (Å²) >= 11 is 0. The van der Waals surface area contributed by atoms with E-state index in [0.717, 1.165) is 29.3 Å².